The third kappa shape index (κ3) is 7.85. The van der Waals surface area contributed by atoms with Gasteiger partial charge in [0.1, 0.15) is 5.75 Å². The quantitative estimate of drug-likeness (QED) is 0.144. The summed E-state index contributed by atoms with van der Waals surface area (Å²) in [4.78, 5) is 2.30. The highest BCUT2D eigenvalue weighted by Crippen LogP contribution is 2.52. The fourth-order valence-electron chi connectivity index (χ4n) is 10.4. The van der Waals surface area contributed by atoms with Crippen LogP contribution in [0.4, 0.5) is 11.4 Å². The lowest BCUT2D eigenvalue weighted by Gasteiger charge is -2.26. The molecule has 0 fully saturated rings. The average molecular weight is 838 g/mol. The smallest absolute Gasteiger partial charge is 0.141 e. The summed E-state index contributed by atoms with van der Waals surface area (Å²) in [5.74, 6) is 0.818. The molecule has 0 saturated heterocycles. The Hall–Kier alpha value is -6.64. The van der Waals surface area contributed by atoms with Crippen molar-refractivity contribution in [3.8, 4) is 28.0 Å². The van der Waals surface area contributed by atoms with E-state index in [0.717, 1.165) is 65.1 Å². The number of anilines is 2. The Morgan fingerprint density at radius 1 is 0.672 bits per heavy atom. The van der Waals surface area contributed by atoms with Crippen molar-refractivity contribution < 1.29 is 4.74 Å². The Bertz CT molecular complexity index is 2840. The Balaban J connectivity index is 0.00000276. The van der Waals surface area contributed by atoms with Crippen molar-refractivity contribution in [1.82, 2.24) is 0 Å². The number of benzene rings is 5. The summed E-state index contributed by atoms with van der Waals surface area (Å²) in [5, 5.41) is 0. The molecule has 0 bridgehead atoms. The molecular formula is C62H63NO. The molecule has 1 aliphatic heterocycles. The molecule has 0 atom stereocenters. The summed E-state index contributed by atoms with van der Waals surface area (Å²) in [6, 6.07) is 38.3. The van der Waals surface area contributed by atoms with Gasteiger partial charge in [-0.3, -0.25) is 0 Å². The molecule has 0 spiro atoms. The average Bonchev–Trinajstić information content (AvgIpc) is 3.69. The second-order valence-electron chi connectivity index (χ2n) is 18.0. The van der Waals surface area contributed by atoms with Crippen LogP contribution in [0.2, 0.25) is 0 Å². The maximum Gasteiger partial charge on any atom is 0.141 e. The highest BCUT2D eigenvalue weighted by molar-refractivity contribution is 5.92. The molecule has 9 rings (SSSR count). The molecule has 3 aliphatic carbocycles. The number of hydrogen-bond acceptors (Lipinski definition) is 2. The van der Waals surface area contributed by atoms with Gasteiger partial charge >= 0.3 is 0 Å². The van der Waals surface area contributed by atoms with Gasteiger partial charge in [0.15, 0.2) is 0 Å². The Morgan fingerprint density at radius 3 is 2.05 bits per heavy atom. The molecule has 5 aromatic carbocycles. The van der Waals surface area contributed by atoms with E-state index in [1.807, 2.05) is 26.2 Å². The van der Waals surface area contributed by atoms with Crippen molar-refractivity contribution in [2.24, 2.45) is 0 Å². The zero-order valence-corrected chi connectivity index (χ0v) is 39.2. The van der Waals surface area contributed by atoms with Crippen LogP contribution in [0.1, 0.15) is 114 Å². The number of hydrogen-bond donors (Lipinski definition) is 0. The summed E-state index contributed by atoms with van der Waals surface area (Å²) in [7, 11) is 0. The fourth-order valence-corrected chi connectivity index (χ4v) is 10.4. The molecule has 64 heavy (non-hydrogen) atoms. The summed E-state index contributed by atoms with van der Waals surface area (Å²) >= 11 is 0. The standard InChI is InChI=1S/C60H57NO.C2H6/c1-9-17-44(50-21-16-20-49-40(4)18-14-15-37-62-58(49)50)35-36-61(47-32-33-52-48(10-2)54(11-3)59(5,6)57(52)39-47)46-30-27-42(28-31-46)41-23-25-43(26-24-41)45-29-34-56-53(38-45)51-19-12-13-22-55(51)60(56,7)8;1-2/h9-12,15-17,19-21,23-39H,1,4,13-14,18,22H2,2-3,5-8H3;1-2H3/b36-35-,37-15-,44-17+,48-10-,54-11+;. The first-order valence-electron chi connectivity index (χ1n) is 23.2. The molecule has 2 nitrogen and oxygen atoms in total. The van der Waals surface area contributed by atoms with E-state index in [4.69, 9.17) is 4.74 Å². The van der Waals surface area contributed by atoms with Gasteiger partial charge in [-0.05, 0) is 154 Å². The van der Waals surface area contributed by atoms with E-state index in [1.54, 1.807) is 5.57 Å². The van der Waals surface area contributed by atoms with Gasteiger partial charge in [-0.1, -0.05) is 170 Å². The number of ether oxygens (including phenoxy) is 1. The van der Waals surface area contributed by atoms with Crippen LogP contribution in [0.15, 0.2) is 189 Å². The highest BCUT2D eigenvalue weighted by Gasteiger charge is 2.38. The number of para-hydroxylation sites is 1. The molecule has 0 unspecified atom stereocenters. The molecule has 322 valence electrons. The van der Waals surface area contributed by atoms with Crippen LogP contribution >= 0.6 is 0 Å². The normalized spacial score (nSPS) is 18.6. The summed E-state index contributed by atoms with van der Waals surface area (Å²) < 4.78 is 6.30. The minimum atomic E-state index is -0.127. The zero-order valence-electron chi connectivity index (χ0n) is 39.2. The number of rotatable bonds is 8. The van der Waals surface area contributed by atoms with Crippen LogP contribution in [-0.4, -0.2) is 0 Å². The molecular weight excluding hydrogens is 775 g/mol. The van der Waals surface area contributed by atoms with Crippen molar-refractivity contribution >= 4 is 33.7 Å². The first-order chi connectivity index (χ1) is 31.0. The Labute approximate surface area is 383 Å². The maximum atomic E-state index is 6.30. The third-order valence-corrected chi connectivity index (χ3v) is 13.7. The van der Waals surface area contributed by atoms with Crippen molar-refractivity contribution in [2.75, 3.05) is 4.90 Å². The Kier molecular flexibility index (Phi) is 12.5. The largest absolute Gasteiger partial charge is 0.464 e. The fraction of sp³-hybridized carbons (Fsp3) is 0.226. The van der Waals surface area contributed by atoms with Gasteiger partial charge < -0.3 is 9.64 Å². The van der Waals surface area contributed by atoms with E-state index in [0.29, 0.717) is 0 Å². The molecule has 0 aromatic heterocycles. The molecule has 0 saturated carbocycles. The topological polar surface area (TPSA) is 12.5 Å². The van der Waals surface area contributed by atoms with Crippen LogP contribution in [0, 0.1) is 0 Å². The predicted octanol–water partition coefficient (Wildman–Crippen LogP) is 17.7. The van der Waals surface area contributed by atoms with Gasteiger partial charge in [0, 0.05) is 39.5 Å². The predicted molar refractivity (Wildman–Crippen MR) is 278 cm³/mol. The van der Waals surface area contributed by atoms with E-state index in [1.165, 1.54) is 61.2 Å². The van der Waals surface area contributed by atoms with Crippen LogP contribution in [0.25, 0.3) is 44.5 Å². The molecule has 0 radical (unpaired) electrons. The van der Waals surface area contributed by atoms with Crippen LogP contribution in [-0.2, 0) is 10.8 Å². The monoisotopic (exact) mass is 837 g/mol. The summed E-state index contributed by atoms with van der Waals surface area (Å²) in [6.07, 6.45) is 25.4. The van der Waals surface area contributed by atoms with Crippen LogP contribution in [0.3, 0.4) is 0 Å². The lowest BCUT2D eigenvalue weighted by molar-refractivity contribution is 0.473. The summed E-state index contributed by atoms with van der Waals surface area (Å²) in [6.45, 7) is 26.2. The second kappa shape index (κ2) is 18.2. The van der Waals surface area contributed by atoms with Crippen molar-refractivity contribution in [1.29, 1.82) is 0 Å². The SMILES string of the molecule is C=C/C=C(\C=C/N(c1ccc(-c2ccc(-c3ccc4c(c3)C3=C(CCC=C3)C4(C)C)cc2)cc1)c1ccc2c(c1)C(C)(C)C(=C/C)/C2=C\C)c1cccc2c1O/C=C\CCC2=C.CC. The molecule has 4 aliphatic rings. The van der Waals surface area contributed by atoms with Gasteiger partial charge in [-0.2, -0.15) is 0 Å². The molecule has 0 N–H and O–H groups in total. The first-order valence-corrected chi connectivity index (χ1v) is 23.2. The highest BCUT2D eigenvalue weighted by atomic mass is 16.5. The van der Waals surface area contributed by atoms with Crippen molar-refractivity contribution in [2.45, 2.75) is 91.9 Å². The minimum absolute atomic E-state index is 0.0893. The second-order valence-corrected chi connectivity index (χ2v) is 18.0. The van der Waals surface area contributed by atoms with E-state index in [2.05, 4.69) is 211 Å². The lowest BCUT2D eigenvalue weighted by Crippen LogP contribution is -2.17. The third-order valence-electron chi connectivity index (χ3n) is 13.7. The maximum absolute atomic E-state index is 6.30. The van der Waals surface area contributed by atoms with Crippen molar-refractivity contribution in [3.63, 3.8) is 0 Å². The van der Waals surface area contributed by atoms with Gasteiger partial charge in [-0.15, -0.1) is 0 Å². The molecule has 0 amide bonds. The van der Waals surface area contributed by atoms with Gasteiger partial charge in [0.25, 0.3) is 0 Å². The minimum Gasteiger partial charge on any atom is -0.464 e. The number of allylic oxidation sites excluding steroid dienone is 14. The van der Waals surface area contributed by atoms with Gasteiger partial charge in [0.05, 0.1) is 6.26 Å². The summed E-state index contributed by atoms with van der Waals surface area (Å²) in [5.41, 5.74) is 22.3. The van der Waals surface area contributed by atoms with Gasteiger partial charge in [0.2, 0.25) is 0 Å². The van der Waals surface area contributed by atoms with E-state index in [9.17, 15) is 0 Å². The van der Waals surface area contributed by atoms with Crippen LogP contribution in [0.5, 0.6) is 5.75 Å². The molecule has 1 heterocycles. The zero-order chi connectivity index (χ0) is 45.2. The number of fused-ring (bicyclic) bond motifs is 4. The molecule has 2 heteroatoms. The first kappa shape index (κ1) is 44.0. The molecule has 5 aromatic rings. The van der Waals surface area contributed by atoms with E-state index in [-0.39, 0.29) is 10.8 Å². The van der Waals surface area contributed by atoms with Crippen molar-refractivity contribution in [3.05, 3.63) is 222 Å². The van der Waals surface area contributed by atoms with E-state index < -0.39 is 0 Å². The number of nitrogens with zero attached hydrogens (tertiary/aromatic N) is 1. The van der Waals surface area contributed by atoms with Gasteiger partial charge in [-0.25, -0.2) is 0 Å². The van der Waals surface area contributed by atoms with Crippen LogP contribution < -0.4 is 9.64 Å². The lowest BCUT2D eigenvalue weighted by atomic mass is 9.78. The Morgan fingerprint density at radius 2 is 1.34 bits per heavy atom. The van der Waals surface area contributed by atoms with E-state index >= 15 is 0 Å².